The summed E-state index contributed by atoms with van der Waals surface area (Å²) in [7, 11) is 1.86. The van der Waals surface area contributed by atoms with Crippen LogP contribution in [0.1, 0.15) is 0 Å². The summed E-state index contributed by atoms with van der Waals surface area (Å²) in [6, 6.07) is 0. The van der Waals surface area contributed by atoms with E-state index in [-0.39, 0.29) is 0 Å². The Morgan fingerprint density at radius 3 is 2.50 bits per heavy atom. The van der Waals surface area contributed by atoms with Crippen LogP contribution in [0, 0.1) is 0 Å². The Morgan fingerprint density at radius 1 is 1.38 bits per heavy atom. The Hall–Kier alpha value is -0.565. The molecule has 1 heterocycles. The molecule has 4 heteroatoms. The van der Waals surface area contributed by atoms with Gasteiger partial charge in [-0.25, -0.2) is 4.98 Å². The Morgan fingerprint density at radius 2 is 2.12 bits per heavy atom. The van der Waals surface area contributed by atoms with Crippen molar-refractivity contribution in [2.75, 3.05) is 0 Å². The lowest BCUT2D eigenvalue weighted by molar-refractivity contribution is 1.24. The largest absolute Gasteiger partial charge is 0.267 e. The summed E-state index contributed by atoms with van der Waals surface area (Å²) in [5.74, 6) is 0. The number of aromatic nitrogens is 2. The zero-order chi connectivity index (χ0) is 5.98. The maximum absolute atomic E-state index is 5.44. The Labute approximate surface area is 53.3 Å². The fraction of sp³-hybridized carbons (Fsp3) is 0. The summed E-state index contributed by atoms with van der Waals surface area (Å²) in [5.41, 5.74) is 0.884. The van der Waals surface area contributed by atoms with E-state index < -0.39 is 0 Å². The van der Waals surface area contributed by atoms with E-state index in [2.05, 4.69) is 9.97 Å². The van der Waals surface area contributed by atoms with E-state index >= 15 is 0 Å². The molecule has 0 radical (unpaired) electrons. The molecule has 0 N–H and O–H groups in total. The van der Waals surface area contributed by atoms with Gasteiger partial charge in [-0.2, -0.15) is 0 Å². The van der Waals surface area contributed by atoms with Crippen molar-refractivity contribution >= 4 is 25.0 Å². The monoisotopic (exact) mass is 126 g/mol. The zero-order valence-corrected chi connectivity index (χ0v) is 5.18. The van der Waals surface area contributed by atoms with Crippen LogP contribution in [0.2, 0.25) is 5.15 Å². The molecule has 0 aromatic carbocycles. The molecule has 0 amide bonds. The van der Waals surface area contributed by atoms with Crippen LogP contribution in [-0.2, 0) is 0 Å². The van der Waals surface area contributed by atoms with Gasteiger partial charge in [-0.1, -0.05) is 11.6 Å². The molecule has 0 aliphatic rings. The minimum absolute atomic E-state index is 0.440. The summed E-state index contributed by atoms with van der Waals surface area (Å²) >= 11 is 5.44. The highest BCUT2D eigenvalue weighted by molar-refractivity contribution is 6.31. The van der Waals surface area contributed by atoms with Crippen molar-refractivity contribution < 1.29 is 0 Å². The Balaban J connectivity index is 3.03. The van der Waals surface area contributed by atoms with Gasteiger partial charge in [0.15, 0.2) is 7.85 Å². The van der Waals surface area contributed by atoms with Crippen LogP contribution >= 0.6 is 11.6 Å². The van der Waals surface area contributed by atoms with E-state index in [0.717, 1.165) is 5.59 Å². The topological polar surface area (TPSA) is 25.8 Å². The van der Waals surface area contributed by atoms with Gasteiger partial charge in [0.05, 0.1) is 6.20 Å². The summed E-state index contributed by atoms with van der Waals surface area (Å²) < 4.78 is 0. The van der Waals surface area contributed by atoms with Crippen LogP contribution in [0.4, 0.5) is 0 Å². The molecule has 0 saturated carbocycles. The predicted molar refractivity (Wildman–Crippen MR) is 35.2 cm³/mol. The molecule has 0 aliphatic heterocycles. The van der Waals surface area contributed by atoms with E-state index in [4.69, 9.17) is 11.6 Å². The first-order valence-corrected chi connectivity index (χ1v) is 2.61. The molecule has 8 heavy (non-hydrogen) atoms. The second-order valence-corrected chi connectivity index (χ2v) is 1.87. The maximum Gasteiger partial charge on any atom is 0.166 e. The lowest BCUT2D eigenvalue weighted by Crippen LogP contribution is -2.06. The SMILES string of the molecule is Bc1cnc(Cl)cn1. The second-order valence-electron chi connectivity index (χ2n) is 1.48. The van der Waals surface area contributed by atoms with Gasteiger partial charge < -0.3 is 0 Å². The van der Waals surface area contributed by atoms with Crippen LogP contribution in [0.5, 0.6) is 0 Å². The van der Waals surface area contributed by atoms with Crippen molar-refractivity contribution in [1.82, 2.24) is 9.97 Å². The van der Waals surface area contributed by atoms with E-state index in [0.29, 0.717) is 5.15 Å². The molecule has 0 atom stereocenters. The van der Waals surface area contributed by atoms with Crippen LogP contribution in [0.3, 0.4) is 0 Å². The van der Waals surface area contributed by atoms with Crippen molar-refractivity contribution in [2.24, 2.45) is 0 Å². The van der Waals surface area contributed by atoms with Gasteiger partial charge in [0, 0.05) is 11.8 Å². The first kappa shape index (κ1) is 5.57. The van der Waals surface area contributed by atoms with Crippen molar-refractivity contribution in [2.45, 2.75) is 0 Å². The van der Waals surface area contributed by atoms with Gasteiger partial charge in [0.1, 0.15) is 5.15 Å². The number of halogens is 1. The molecule has 0 fully saturated rings. The summed E-state index contributed by atoms with van der Waals surface area (Å²) in [4.78, 5) is 7.67. The summed E-state index contributed by atoms with van der Waals surface area (Å²) in [6.45, 7) is 0. The molecule has 40 valence electrons. The fourth-order valence-corrected chi connectivity index (χ4v) is 0.474. The molecule has 1 aromatic rings. The Bertz CT molecular complexity index is 153. The third-order valence-corrected chi connectivity index (χ3v) is 0.945. The van der Waals surface area contributed by atoms with Crippen molar-refractivity contribution in [3.8, 4) is 0 Å². The quantitative estimate of drug-likeness (QED) is 0.433. The molecule has 0 spiro atoms. The molecule has 0 aliphatic carbocycles. The molecular weight excluding hydrogens is 122 g/mol. The molecule has 1 rings (SSSR count). The average molecular weight is 126 g/mol. The maximum atomic E-state index is 5.44. The molecule has 0 unspecified atom stereocenters. The molecule has 0 saturated heterocycles. The van der Waals surface area contributed by atoms with Crippen molar-refractivity contribution in [1.29, 1.82) is 0 Å². The molecule has 0 bridgehead atoms. The first-order chi connectivity index (χ1) is 3.79. The smallest absolute Gasteiger partial charge is 0.166 e. The number of hydrogen-bond donors (Lipinski definition) is 0. The van der Waals surface area contributed by atoms with Crippen molar-refractivity contribution in [3.63, 3.8) is 0 Å². The highest BCUT2D eigenvalue weighted by atomic mass is 35.5. The summed E-state index contributed by atoms with van der Waals surface area (Å²) in [6.07, 6.45) is 3.15. The van der Waals surface area contributed by atoms with Crippen LogP contribution in [0.15, 0.2) is 12.4 Å². The van der Waals surface area contributed by atoms with Gasteiger partial charge in [-0.05, 0) is 0 Å². The van der Waals surface area contributed by atoms with E-state index in [1.165, 1.54) is 6.20 Å². The lowest BCUT2D eigenvalue weighted by Gasteiger charge is -1.86. The minimum atomic E-state index is 0.440. The van der Waals surface area contributed by atoms with Gasteiger partial charge in [0.25, 0.3) is 0 Å². The normalized spacial score (nSPS) is 9.12. The van der Waals surface area contributed by atoms with Crippen LogP contribution in [0.25, 0.3) is 0 Å². The van der Waals surface area contributed by atoms with Gasteiger partial charge in [-0.3, -0.25) is 4.98 Å². The average Bonchev–Trinajstić information content (AvgIpc) is 1.77. The third kappa shape index (κ3) is 1.20. The fourth-order valence-electron chi connectivity index (χ4n) is 0.377. The molecule has 2 nitrogen and oxygen atoms in total. The van der Waals surface area contributed by atoms with Crippen molar-refractivity contribution in [3.05, 3.63) is 17.5 Å². The van der Waals surface area contributed by atoms with E-state index in [1.807, 2.05) is 7.85 Å². The van der Waals surface area contributed by atoms with Gasteiger partial charge in [0.2, 0.25) is 0 Å². The third-order valence-electron chi connectivity index (χ3n) is 0.749. The van der Waals surface area contributed by atoms with Gasteiger partial charge >= 0.3 is 0 Å². The number of hydrogen-bond acceptors (Lipinski definition) is 2. The predicted octanol–water partition coefficient (Wildman–Crippen LogP) is -0.612. The van der Waals surface area contributed by atoms with Crippen LogP contribution in [-0.4, -0.2) is 17.8 Å². The Kier molecular flexibility index (Phi) is 1.49. The van der Waals surface area contributed by atoms with E-state index in [9.17, 15) is 0 Å². The lowest BCUT2D eigenvalue weighted by atomic mass is 10.1. The zero-order valence-electron chi connectivity index (χ0n) is 4.43. The standard InChI is InChI=1S/C4H4BClN2/c5-3-1-8-4(6)2-7-3/h1-2H,5H2. The van der Waals surface area contributed by atoms with Gasteiger partial charge in [-0.15, -0.1) is 0 Å². The molecule has 1 aromatic heterocycles. The van der Waals surface area contributed by atoms with E-state index in [1.54, 1.807) is 6.20 Å². The highest BCUT2D eigenvalue weighted by Crippen LogP contribution is 1.94. The highest BCUT2D eigenvalue weighted by Gasteiger charge is 1.84. The number of nitrogens with zero attached hydrogens (tertiary/aromatic N) is 2. The molecular formula is C4H4BClN2. The minimum Gasteiger partial charge on any atom is -0.267 e. The second kappa shape index (κ2) is 2.14. The van der Waals surface area contributed by atoms with Crippen LogP contribution < -0.4 is 5.59 Å². The summed E-state index contributed by atoms with van der Waals surface area (Å²) in [5, 5.41) is 0.440. The first-order valence-electron chi connectivity index (χ1n) is 2.23. The number of rotatable bonds is 0.